The third-order valence-electron chi connectivity index (χ3n) is 3.73. The van der Waals surface area contributed by atoms with Crippen LogP contribution in [0.5, 0.6) is 0 Å². The average molecular weight is 446 g/mol. The molecular formula is C18H10BrClN4O3. The summed E-state index contributed by atoms with van der Waals surface area (Å²) >= 11 is 9.18. The monoisotopic (exact) mass is 444 g/mol. The molecule has 0 aromatic heterocycles. The Labute approximate surface area is 167 Å². The fraction of sp³-hybridized carbons (Fsp3) is 0.0556. The molecular weight excluding hydrogens is 436 g/mol. The molecule has 1 aliphatic heterocycles. The van der Waals surface area contributed by atoms with Gasteiger partial charge in [-0.3, -0.25) is 19.9 Å². The number of benzene rings is 2. The first kappa shape index (κ1) is 18.8. The number of hydrogen-bond donors (Lipinski definition) is 1. The van der Waals surface area contributed by atoms with E-state index >= 15 is 0 Å². The van der Waals surface area contributed by atoms with E-state index in [0.29, 0.717) is 10.7 Å². The maximum absolute atomic E-state index is 12.7. The van der Waals surface area contributed by atoms with E-state index in [9.17, 15) is 14.4 Å². The number of hydrogen-bond acceptors (Lipinski definition) is 5. The minimum atomic E-state index is -1.32. The van der Waals surface area contributed by atoms with Crippen LogP contribution in [-0.2, 0) is 9.59 Å². The number of urea groups is 1. The third kappa shape index (κ3) is 3.89. The Bertz CT molecular complexity index is 1010. The van der Waals surface area contributed by atoms with Gasteiger partial charge in [-0.05, 0) is 42.5 Å². The van der Waals surface area contributed by atoms with Gasteiger partial charge in [0.1, 0.15) is 6.07 Å². The van der Waals surface area contributed by atoms with Gasteiger partial charge in [-0.25, -0.2) is 9.69 Å². The van der Waals surface area contributed by atoms with Crippen LogP contribution in [0.2, 0.25) is 5.02 Å². The number of rotatable bonds is 3. The number of nitriles is 1. The Morgan fingerprint density at radius 2 is 1.89 bits per heavy atom. The molecule has 1 heterocycles. The minimum absolute atomic E-state index is 0.220. The zero-order valence-electron chi connectivity index (χ0n) is 13.5. The van der Waals surface area contributed by atoms with Gasteiger partial charge in [0.2, 0.25) is 5.91 Å². The normalized spacial score (nSPS) is 17.1. The van der Waals surface area contributed by atoms with E-state index in [1.165, 1.54) is 18.2 Å². The Kier molecular flexibility index (Phi) is 5.35. The number of carbonyl (C=O) groups is 3. The number of amides is 4. The highest BCUT2D eigenvalue weighted by molar-refractivity contribution is 9.10. The summed E-state index contributed by atoms with van der Waals surface area (Å²) in [6.07, 6.45) is 1.10. The fourth-order valence-corrected chi connectivity index (χ4v) is 2.85. The van der Waals surface area contributed by atoms with Crippen molar-refractivity contribution in [2.24, 2.45) is 10.9 Å². The first-order chi connectivity index (χ1) is 12.9. The van der Waals surface area contributed by atoms with Crippen molar-refractivity contribution in [2.45, 2.75) is 0 Å². The molecule has 1 atom stereocenters. The second-order valence-electron chi connectivity index (χ2n) is 5.47. The molecule has 0 aliphatic carbocycles. The van der Waals surface area contributed by atoms with Crippen molar-refractivity contribution in [2.75, 3.05) is 4.90 Å². The van der Waals surface area contributed by atoms with Crippen LogP contribution >= 0.6 is 27.5 Å². The Morgan fingerprint density at radius 1 is 1.19 bits per heavy atom. The van der Waals surface area contributed by atoms with Crippen LogP contribution in [0.1, 0.15) is 5.56 Å². The number of nitrogens with zero attached hydrogens (tertiary/aromatic N) is 3. The van der Waals surface area contributed by atoms with E-state index in [-0.39, 0.29) is 11.3 Å². The van der Waals surface area contributed by atoms with E-state index < -0.39 is 23.8 Å². The summed E-state index contributed by atoms with van der Waals surface area (Å²) in [5.41, 5.74) is 0.768. The van der Waals surface area contributed by atoms with Crippen molar-refractivity contribution in [1.82, 2.24) is 5.32 Å². The van der Waals surface area contributed by atoms with Gasteiger partial charge >= 0.3 is 6.03 Å². The zero-order chi connectivity index (χ0) is 19.6. The summed E-state index contributed by atoms with van der Waals surface area (Å²) in [6.45, 7) is 0. The predicted molar refractivity (Wildman–Crippen MR) is 103 cm³/mol. The largest absolute Gasteiger partial charge is 0.335 e. The molecule has 0 bridgehead atoms. The van der Waals surface area contributed by atoms with Crippen LogP contribution in [-0.4, -0.2) is 24.1 Å². The smallest absolute Gasteiger partial charge is 0.276 e. The predicted octanol–water partition coefficient (Wildman–Crippen LogP) is 3.58. The quantitative estimate of drug-likeness (QED) is 0.576. The number of barbiturate groups is 1. The maximum Gasteiger partial charge on any atom is 0.335 e. The molecule has 27 heavy (non-hydrogen) atoms. The summed E-state index contributed by atoms with van der Waals surface area (Å²) < 4.78 is 0.773. The first-order valence-corrected chi connectivity index (χ1v) is 8.76. The van der Waals surface area contributed by atoms with Crippen LogP contribution in [0, 0.1) is 17.2 Å². The van der Waals surface area contributed by atoms with Crippen LogP contribution < -0.4 is 10.2 Å². The van der Waals surface area contributed by atoms with Crippen LogP contribution in [0.15, 0.2) is 51.9 Å². The molecule has 7 nitrogen and oxygen atoms in total. The highest BCUT2D eigenvalue weighted by atomic mass is 79.9. The summed E-state index contributed by atoms with van der Waals surface area (Å²) in [6, 6.07) is 12.0. The lowest BCUT2D eigenvalue weighted by molar-refractivity contribution is -0.131. The van der Waals surface area contributed by atoms with Crippen molar-refractivity contribution >= 4 is 63.0 Å². The van der Waals surface area contributed by atoms with Crippen LogP contribution in [0.25, 0.3) is 0 Å². The summed E-state index contributed by atoms with van der Waals surface area (Å²) in [7, 11) is 0. The van der Waals surface area contributed by atoms with E-state index in [1.807, 2.05) is 6.07 Å². The fourth-order valence-electron chi connectivity index (χ4n) is 2.42. The molecule has 1 N–H and O–H groups in total. The third-order valence-corrected chi connectivity index (χ3v) is 4.49. The highest BCUT2D eigenvalue weighted by Crippen LogP contribution is 2.25. The summed E-state index contributed by atoms with van der Waals surface area (Å²) in [5.74, 6) is -2.85. The van der Waals surface area contributed by atoms with Gasteiger partial charge in [0.25, 0.3) is 5.91 Å². The zero-order valence-corrected chi connectivity index (χ0v) is 15.9. The number of nitrogens with one attached hydrogen (secondary N) is 1. The van der Waals surface area contributed by atoms with Crippen molar-refractivity contribution < 1.29 is 14.4 Å². The lowest BCUT2D eigenvalue weighted by atomic mass is 10.1. The number of carbonyl (C=O) groups excluding carboxylic acids is 3. The summed E-state index contributed by atoms with van der Waals surface area (Å²) in [5, 5.41) is 11.6. The van der Waals surface area contributed by atoms with Gasteiger partial charge in [0.15, 0.2) is 5.92 Å². The van der Waals surface area contributed by atoms with Crippen molar-refractivity contribution in [3.05, 3.63) is 57.5 Å². The van der Waals surface area contributed by atoms with Gasteiger partial charge in [0.05, 0.1) is 16.9 Å². The van der Waals surface area contributed by atoms with Gasteiger partial charge in [-0.2, -0.15) is 5.26 Å². The minimum Gasteiger partial charge on any atom is -0.276 e. The molecule has 0 radical (unpaired) electrons. The Morgan fingerprint density at radius 3 is 2.56 bits per heavy atom. The molecule has 3 rings (SSSR count). The number of halogens is 2. The van der Waals surface area contributed by atoms with Gasteiger partial charge in [0, 0.05) is 15.7 Å². The lowest BCUT2D eigenvalue weighted by Gasteiger charge is -2.28. The second-order valence-corrected chi connectivity index (χ2v) is 6.83. The summed E-state index contributed by atoms with van der Waals surface area (Å²) in [4.78, 5) is 41.9. The first-order valence-electron chi connectivity index (χ1n) is 7.59. The Balaban J connectivity index is 1.93. The number of imide groups is 2. The molecule has 2 aromatic carbocycles. The highest BCUT2D eigenvalue weighted by Gasteiger charge is 2.40. The topological polar surface area (TPSA) is 103 Å². The molecule has 9 heteroatoms. The SMILES string of the molecule is N#Cc1ccc(Cl)cc1N=C[C@@H]1C(=O)NC(=O)N(c2ccc(Br)cc2)C1=O. The Hall–Kier alpha value is -3.02. The van der Waals surface area contributed by atoms with E-state index in [1.54, 1.807) is 24.3 Å². The van der Waals surface area contributed by atoms with E-state index in [0.717, 1.165) is 15.6 Å². The van der Waals surface area contributed by atoms with Gasteiger partial charge < -0.3 is 0 Å². The molecule has 4 amide bonds. The van der Waals surface area contributed by atoms with Crippen molar-refractivity contribution in [1.29, 1.82) is 5.26 Å². The van der Waals surface area contributed by atoms with Crippen LogP contribution in [0.3, 0.4) is 0 Å². The molecule has 0 unspecified atom stereocenters. The van der Waals surface area contributed by atoms with Crippen LogP contribution in [0.4, 0.5) is 16.2 Å². The molecule has 0 saturated carbocycles. The van der Waals surface area contributed by atoms with Gasteiger partial charge in [-0.1, -0.05) is 27.5 Å². The maximum atomic E-state index is 12.7. The molecule has 1 fully saturated rings. The second kappa shape index (κ2) is 7.70. The van der Waals surface area contributed by atoms with E-state index in [2.05, 4.69) is 26.2 Å². The van der Waals surface area contributed by atoms with Crippen molar-refractivity contribution in [3.8, 4) is 6.07 Å². The number of aliphatic imine (C=N–C) groups is 1. The lowest BCUT2D eigenvalue weighted by Crippen LogP contribution is -2.58. The van der Waals surface area contributed by atoms with Gasteiger partial charge in [-0.15, -0.1) is 0 Å². The molecule has 2 aromatic rings. The molecule has 0 spiro atoms. The molecule has 1 aliphatic rings. The average Bonchev–Trinajstić information content (AvgIpc) is 2.63. The number of anilines is 1. The molecule has 134 valence electrons. The van der Waals surface area contributed by atoms with E-state index in [4.69, 9.17) is 16.9 Å². The van der Waals surface area contributed by atoms with Crippen molar-refractivity contribution in [3.63, 3.8) is 0 Å². The standard InChI is InChI=1S/C18H10BrClN4O3/c19-11-2-5-13(6-3-11)24-17(26)14(16(25)23-18(24)27)9-22-15-7-12(20)4-1-10(15)8-21/h1-7,9,14H,(H,23,25,27)/t14-/m1/s1. The molecule has 1 saturated heterocycles.